The number of nitriles is 1. The van der Waals surface area contributed by atoms with Crippen LogP contribution in [0.25, 0.3) is 6.08 Å². The van der Waals surface area contributed by atoms with E-state index in [1.165, 1.54) is 22.7 Å². The third-order valence-corrected chi connectivity index (χ3v) is 8.84. The predicted octanol–water partition coefficient (Wildman–Crippen LogP) is 5.08. The molecule has 0 spiro atoms. The van der Waals surface area contributed by atoms with Gasteiger partial charge < -0.3 is 14.2 Å². The van der Waals surface area contributed by atoms with Crippen molar-refractivity contribution in [3.63, 3.8) is 0 Å². The summed E-state index contributed by atoms with van der Waals surface area (Å²) in [5, 5.41) is 10.9. The van der Waals surface area contributed by atoms with E-state index in [1.54, 1.807) is 49.8 Å². The van der Waals surface area contributed by atoms with E-state index >= 15 is 0 Å². The van der Waals surface area contributed by atoms with Crippen LogP contribution >= 0.6 is 38.6 Å². The van der Waals surface area contributed by atoms with E-state index in [9.17, 15) is 9.59 Å². The number of halogens is 1. The minimum Gasteiger partial charge on any atom is -0.493 e. The number of benzene rings is 2. The summed E-state index contributed by atoms with van der Waals surface area (Å²) in [6, 6.07) is 16.1. The lowest BCUT2D eigenvalue weighted by Gasteiger charge is -2.23. The maximum Gasteiger partial charge on any atom is 0.338 e. The molecule has 41 heavy (non-hydrogen) atoms. The van der Waals surface area contributed by atoms with Crippen LogP contribution in [-0.2, 0) is 16.1 Å². The monoisotopic (exact) mass is 649 g/mol. The van der Waals surface area contributed by atoms with E-state index in [2.05, 4.69) is 27.0 Å². The Morgan fingerprint density at radius 2 is 2.02 bits per heavy atom. The summed E-state index contributed by atoms with van der Waals surface area (Å²) in [5.41, 5.74) is 2.85. The normalized spacial score (nSPS) is 14.7. The van der Waals surface area contributed by atoms with Crippen molar-refractivity contribution in [1.82, 2.24) is 4.57 Å². The van der Waals surface area contributed by atoms with Crippen LogP contribution in [0.2, 0.25) is 0 Å². The second kappa shape index (κ2) is 12.3. The minimum atomic E-state index is -0.619. The molecule has 1 atom stereocenters. The quantitative estimate of drug-likeness (QED) is 0.247. The summed E-state index contributed by atoms with van der Waals surface area (Å²) in [4.78, 5) is 32.7. The topological polar surface area (TPSA) is 103 Å². The van der Waals surface area contributed by atoms with Gasteiger partial charge in [0.15, 0.2) is 16.3 Å². The van der Waals surface area contributed by atoms with Gasteiger partial charge >= 0.3 is 5.97 Å². The Bertz CT molecular complexity index is 1870. The number of thiophene rings is 1. The van der Waals surface area contributed by atoms with Gasteiger partial charge in [0.25, 0.3) is 5.56 Å². The fourth-order valence-electron chi connectivity index (χ4n) is 4.45. The van der Waals surface area contributed by atoms with Gasteiger partial charge in [0.2, 0.25) is 0 Å². The van der Waals surface area contributed by atoms with Crippen LogP contribution in [0.3, 0.4) is 0 Å². The standard InChI is InChI=1S/C30H24BrN3O5S2/c1-4-38-29(36)25-17(2)33-30-34(26(25)23-6-5-11-40-23)28(35)24(41-30)14-20-12-21(31)27(22(13-20)37-3)39-16-19-9-7-18(15-32)8-10-19/h5-14,26H,4,16H2,1-3H3/b24-14-/t26-/m1/s1. The highest BCUT2D eigenvalue weighted by atomic mass is 79.9. The Morgan fingerprint density at radius 1 is 1.24 bits per heavy atom. The fraction of sp³-hybridized carbons (Fsp3) is 0.200. The Labute approximate surface area is 252 Å². The number of thiazole rings is 1. The summed E-state index contributed by atoms with van der Waals surface area (Å²) >= 11 is 6.31. The Balaban J connectivity index is 1.53. The van der Waals surface area contributed by atoms with Gasteiger partial charge in [0.05, 0.1) is 45.6 Å². The van der Waals surface area contributed by atoms with Crippen molar-refractivity contribution < 1.29 is 19.0 Å². The fourth-order valence-corrected chi connectivity index (χ4v) is 6.90. The summed E-state index contributed by atoms with van der Waals surface area (Å²) in [6.07, 6.45) is 1.77. The van der Waals surface area contributed by atoms with Crippen molar-refractivity contribution in [2.45, 2.75) is 26.5 Å². The molecule has 0 saturated heterocycles. The van der Waals surface area contributed by atoms with Crippen LogP contribution in [0.15, 0.2) is 79.4 Å². The van der Waals surface area contributed by atoms with Crippen LogP contribution in [0, 0.1) is 11.3 Å². The predicted molar refractivity (Wildman–Crippen MR) is 161 cm³/mol. The molecular weight excluding hydrogens is 626 g/mol. The molecule has 0 radical (unpaired) electrons. The van der Waals surface area contributed by atoms with E-state index in [-0.39, 0.29) is 18.8 Å². The third kappa shape index (κ3) is 5.77. The van der Waals surface area contributed by atoms with Crippen molar-refractivity contribution in [3.05, 3.63) is 111 Å². The van der Waals surface area contributed by atoms with Gasteiger partial charge in [-0.2, -0.15) is 5.26 Å². The second-order valence-corrected chi connectivity index (χ2v) is 11.8. The molecule has 0 saturated carbocycles. The van der Waals surface area contributed by atoms with Crippen LogP contribution in [-0.4, -0.2) is 24.3 Å². The molecule has 4 aromatic rings. The van der Waals surface area contributed by atoms with Gasteiger partial charge in [-0.05, 0) is 82.7 Å². The molecule has 0 fully saturated rings. The van der Waals surface area contributed by atoms with Gasteiger partial charge in [-0.15, -0.1) is 11.3 Å². The lowest BCUT2D eigenvalue weighted by molar-refractivity contribution is -0.139. The van der Waals surface area contributed by atoms with Gasteiger partial charge in [-0.1, -0.05) is 29.5 Å². The molecule has 0 aliphatic carbocycles. The van der Waals surface area contributed by atoms with E-state index < -0.39 is 12.0 Å². The number of aromatic nitrogens is 1. The molecule has 0 bridgehead atoms. The number of rotatable bonds is 8. The zero-order valence-electron chi connectivity index (χ0n) is 22.3. The lowest BCUT2D eigenvalue weighted by atomic mass is 10.0. The average molecular weight is 651 g/mol. The zero-order valence-corrected chi connectivity index (χ0v) is 25.6. The minimum absolute atomic E-state index is 0.223. The van der Waals surface area contributed by atoms with E-state index in [0.717, 1.165) is 16.0 Å². The highest BCUT2D eigenvalue weighted by Crippen LogP contribution is 2.37. The molecule has 0 N–H and O–H groups in total. The number of nitrogens with zero attached hydrogens (tertiary/aromatic N) is 3. The Kier molecular flexibility index (Phi) is 8.54. The van der Waals surface area contributed by atoms with Gasteiger partial charge in [-0.3, -0.25) is 9.36 Å². The van der Waals surface area contributed by atoms with Crippen molar-refractivity contribution >= 4 is 50.6 Å². The molecule has 1 aliphatic rings. The number of fused-ring (bicyclic) bond motifs is 1. The van der Waals surface area contributed by atoms with Crippen LogP contribution in [0.4, 0.5) is 0 Å². The van der Waals surface area contributed by atoms with Crippen LogP contribution in [0.5, 0.6) is 11.5 Å². The number of allylic oxidation sites excluding steroid dienone is 1. The Hall–Kier alpha value is -3.98. The molecular formula is C30H24BrN3O5S2. The number of esters is 1. The highest BCUT2D eigenvalue weighted by Gasteiger charge is 2.33. The van der Waals surface area contributed by atoms with Crippen LogP contribution < -0.4 is 24.4 Å². The molecule has 0 amide bonds. The lowest BCUT2D eigenvalue weighted by Crippen LogP contribution is -2.39. The SMILES string of the molecule is CCOC(=O)C1=C(C)N=c2s/c(=C\c3cc(Br)c(OCc4ccc(C#N)cc4)c(OC)c3)c(=O)n2[C@@H]1c1cccs1. The molecule has 11 heteroatoms. The molecule has 2 aromatic heterocycles. The largest absolute Gasteiger partial charge is 0.493 e. The Morgan fingerprint density at radius 3 is 2.68 bits per heavy atom. The summed E-state index contributed by atoms with van der Waals surface area (Å²) < 4.78 is 19.7. The zero-order chi connectivity index (χ0) is 29.1. The van der Waals surface area contributed by atoms with Crippen molar-refractivity contribution in [2.75, 3.05) is 13.7 Å². The summed E-state index contributed by atoms with van der Waals surface area (Å²) in [5.74, 6) is 0.526. The molecule has 5 rings (SSSR count). The molecule has 8 nitrogen and oxygen atoms in total. The van der Waals surface area contributed by atoms with E-state index in [0.29, 0.717) is 42.1 Å². The number of hydrogen-bond acceptors (Lipinski definition) is 9. The molecule has 208 valence electrons. The maximum atomic E-state index is 13.8. The first-order chi connectivity index (χ1) is 19.8. The number of carbonyl (C=O) groups excluding carboxylic acids is 1. The van der Waals surface area contributed by atoms with Gasteiger partial charge in [0, 0.05) is 4.88 Å². The first-order valence-electron chi connectivity index (χ1n) is 12.6. The molecule has 1 aliphatic heterocycles. The number of hydrogen-bond donors (Lipinski definition) is 0. The second-order valence-electron chi connectivity index (χ2n) is 8.95. The number of carbonyl (C=O) groups is 1. The maximum absolute atomic E-state index is 13.8. The van der Waals surface area contributed by atoms with Gasteiger partial charge in [0.1, 0.15) is 12.6 Å². The van der Waals surface area contributed by atoms with E-state index in [4.69, 9.17) is 19.5 Å². The van der Waals surface area contributed by atoms with Crippen LogP contribution in [0.1, 0.15) is 41.5 Å². The smallest absolute Gasteiger partial charge is 0.338 e. The van der Waals surface area contributed by atoms with Crippen molar-refractivity contribution in [3.8, 4) is 17.6 Å². The summed E-state index contributed by atoms with van der Waals surface area (Å²) in [7, 11) is 1.55. The van der Waals surface area contributed by atoms with Crippen molar-refractivity contribution in [1.29, 1.82) is 5.26 Å². The third-order valence-electron chi connectivity index (χ3n) is 6.35. The first kappa shape index (κ1) is 28.5. The van der Waals surface area contributed by atoms with Gasteiger partial charge in [-0.25, -0.2) is 9.79 Å². The number of methoxy groups -OCH3 is 1. The van der Waals surface area contributed by atoms with E-state index in [1.807, 2.05) is 35.7 Å². The highest BCUT2D eigenvalue weighted by molar-refractivity contribution is 9.10. The first-order valence-corrected chi connectivity index (χ1v) is 15.1. The average Bonchev–Trinajstić information content (AvgIpc) is 3.60. The molecule has 2 aromatic carbocycles. The number of ether oxygens (including phenoxy) is 3. The van der Waals surface area contributed by atoms with Crippen molar-refractivity contribution in [2.24, 2.45) is 4.99 Å². The molecule has 0 unspecified atom stereocenters. The summed E-state index contributed by atoms with van der Waals surface area (Å²) in [6.45, 7) is 4.02. The molecule has 3 heterocycles.